The van der Waals surface area contributed by atoms with E-state index in [4.69, 9.17) is 28.2 Å². The van der Waals surface area contributed by atoms with Crippen LogP contribution in [0.5, 0.6) is 0 Å². The predicted octanol–water partition coefficient (Wildman–Crippen LogP) is 2.78. The van der Waals surface area contributed by atoms with Crippen molar-refractivity contribution in [2.45, 2.75) is 106 Å². The molecule has 12 bridgehead atoms. The van der Waals surface area contributed by atoms with E-state index in [0.717, 1.165) is 12.8 Å². The molecule has 15 atom stereocenters. The quantitative estimate of drug-likeness (QED) is 0.207. The molecule has 0 aromatic rings. The minimum atomic E-state index is -6.05. The van der Waals surface area contributed by atoms with Crippen molar-refractivity contribution < 1.29 is 69.4 Å². The Bertz CT molecular complexity index is 1780. The van der Waals surface area contributed by atoms with E-state index >= 15 is 0 Å². The summed E-state index contributed by atoms with van der Waals surface area (Å²) in [7, 11) is -6.05. The van der Waals surface area contributed by atoms with Crippen molar-refractivity contribution in [2.24, 2.45) is 64.1 Å². The highest BCUT2D eigenvalue weighted by atomic mass is 32.2. The highest BCUT2D eigenvalue weighted by Gasteiger charge is 2.75. The molecule has 0 aromatic carbocycles. The maximum absolute atomic E-state index is 14.2. The van der Waals surface area contributed by atoms with Gasteiger partial charge >= 0.3 is 33.3 Å². The third-order valence-corrected chi connectivity index (χ3v) is 16.1. The first-order valence-electron chi connectivity index (χ1n) is 18.3. The first-order chi connectivity index (χ1) is 24.0. The van der Waals surface area contributed by atoms with Crippen LogP contribution in [0.4, 0.5) is 8.78 Å². The molecule has 1 spiro atoms. The van der Waals surface area contributed by atoms with Crippen molar-refractivity contribution in [2.75, 3.05) is 13.2 Å². The smallest absolute Gasteiger partial charge is 0.462 e. The summed E-state index contributed by atoms with van der Waals surface area (Å²) >= 11 is 0. The van der Waals surface area contributed by atoms with Gasteiger partial charge in [0.25, 0.3) is 0 Å². The number of Topliss-reactive ketones (excluding diaryl/α,β-unsaturated/α-hetero) is 2. The zero-order valence-electron chi connectivity index (χ0n) is 27.8. The fourth-order valence-corrected chi connectivity index (χ4v) is 13.9. The van der Waals surface area contributed by atoms with Gasteiger partial charge in [0.2, 0.25) is 0 Å². The van der Waals surface area contributed by atoms with E-state index in [1.54, 1.807) is 0 Å². The maximum Gasteiger partial charge on any atom is 0.465 e. The van der Waals surface area contributed by atoms with E-state index in [2.05, 4.69) is 0 Å². The predicted molar refractivity (Wildman–Crippen MR) is 161 cm³/mol. The van der Waals surface area contributed by atoms with Gasteiger partial charge in [-0.2, -0.15) is 17.2 Å². The van der Waals surface area contributed by atoms with Crippen LogP contribution in [0.1, 0.15) is 77.0 Å². The zero-order chi connectivity index (χ0) is 35.7. The fourth-order valence-electron chi connectivity index (χ4n) is 13.6. The number of ether oxygens (including phenoxy) is 5. The van der Waals surface area contributed by atoms with E-state index in [1.165, 1.54) is 0 Å². The average Bonchev–Trinajstić information content (AvgIpc) is 3.86. The molecule has 1 saturated heterocycles. The van der Waals surface area contributed by atoms with Crippen LogP contribution in [0.3, 0.4) is 0 Å². The number of esters is 3. The van der Waals surface area contributed by atoms with Crippen LogP contribution in [-0.4, -0.2) is 84.5 Å². The molecule has 13 nitrogen and oxygen atoms in total. The third kappa shape index (κ3) is 4.27. The molecule has 16 heteroatoms. The summed E-state index contributed by atoms with van der Waals surface area (Å²) in [6.45, 7) is -0.433. The van der Waals surface area contributed by atoms with Crippen molar-refractivity contribution in [1.29, 1.82) is 0 Å². The summed E-state index contributed by atoms with van der Waals surface area (Å²) in [4.78, 5) is 65.3. The van der Waals surface area contributed by atoms with Crippen molar-refractivity contribution in [1.82, 2.24) is 0 Å². The molecule has 0 radical (unpaired) electrons. The molecule has 14 unspecified atom stereocenters. The molecule has 1 heterocycles. The van der Waals surface area contributed by atoms with Gasteiger partial charge in [0.15, 0.2) is 5.79 Å². The highest BCUT2D eigenvalue weighted by molar-refractivity contribution is 7.87. The first-order valence-corrected chi connectivity index (χ1v) is 19.8. The topological polar surface area (TPSA) is 186 Å². The van der Waals surface area contributed by atoms with Gasteiger partial charge in [-0.15, -0.1) is 0 Å². The number of carbonyl (C=O) groups is 5. The van der Waals surface area contributed by atoms with Crippen LogP contribution in [-0.2, 0) is 57.8 Å². The Morgan fingerprint density at radius 3 is 2.18 bits per heavy atom. The highest BCUT2D eigenvalue weighted by Crippen LogP contribution is 2.69. The van der Waals surface area contributed by atoms with Gasteiger partial charge in [-0.1, -0.05) is 0 Å². The van der Waals surface area contributed by atoms with Crippen molar-refractivity contribution in [3.63, 3.8) is 0 Å². The van der Waals surface area contributed by atoms with E-state index in [-0.39, 0.29) is 85.5 Å². The standard InChI is InChI=1S/C35H40F2O13S/c36-35(37,51(43,44)45)30(42)50-32-8-17-4-20(10-32)34(23(17)12-32)48-24(13-46-28(40)31-6-16-3-19(7-31)26(38)21(16)11-31)25(49-34)14-47-29(41)33-5-15-1-18(9-33)27(39)22(33)2-15/h15-25H,1-14H2,(H,43,44,45)/t15?,16?,17?,18-,19?,20?,21?,22?,23?,24?,25?,31?,32?,33?,34?/m0/s1. The summed E-state index contributed by atoms with van der Waals surface area (Å²) < 4.78 is 90.2. The van der Waals surface area contributed by atoms with E-state index in [9.17, 15) is 41.2 Å². The molecule has 12 saturated carbocycles. The average molecular weight is 739 g/mol. The van der Waals surface area contributed by atoms with Crippen LogP contribution in [0.2, 0.25) is 0 Å². The van der Waals surface area contributed by atoms with Crippen LogP contribution in [0.25, 0.3) is 0 Å². The van der Waals surface area contributed by atoms with Crippen LogP contribution < -0.4 is 0 Å². The van der Waals surface area contributed by atoms with Gasteiger partial charge in [0, 0.05) is 35.5 Å². The Morgan fingerprint density at radius 2 is 1.51 bits per heavy atom. The van der Waals surface area contributed by atoms with Crippen molar-refractivity contribution >= 4 is 39.6 Å². The number of alkyl halides is 2. The number of rotatable bonds is 9. The number of hydrogen-bond donors (Lipinski definition) is 1. The molecule has 278 valence electrons. The molecular formula is C35H40F2O13S. The molecule has 51 heavy (non-hydrogen) atoms. The van der Waals surface area contributed by atoms with Gasteiger partial charge in [0.05, 0.1) is 10.8 Å². The molecule has 0 amide bonds. The lowest BCUT2D eigenvalue weighted by molar-refractivity contribution is -0.259. The fraction of sp³-hybridized carbons (Fsp3) is 0.857. The lowest BCUT2D eigenvalue weighted by Gasteiger charge is -2.45. The van der Waals surface area contributed by atoms with Crippen LogP contribution >= 0.6 is 0 Å². The van der Waals surface area contributed by atoms with Gasteiger partial charge < -0.3 is 23.7 Å². The van der Waals surface area contributed by atoms with Gasteiger partial charge in [-0.05, 0) is 94.8 Å². The molecule has 1 aliphatic heterocycles. The summed E-state index contributed by atoms with van der Waals surface area (Å²) in [6.07, 6.45) is 4.02. The Kier molecular flexibility index (Phi) is 6.57. The van der Waals surface area contributed by atoms with Gasteiger partial charge in [-0.25, -0.2) is 4.79 Å². The minimum Gasteiger partial charge on any atom is -0.462 e. The monoisotopic (exact) mass is 738 g/mol. The number of halogens is 2. The SMILES string of the molecule is O=C1C2CC3CC(C(=O)OCC4OC5(OC4COC(=O)C46CC7CC4C(=O)[C@@H](C7)C6)C4CC6CC(OC(=O)C(F)(F)S(=O)(=O)O)(C4)CC65)(C2)CC13. The van der Waals surface area contributed by atoms with Crippen molar-refractivity contribution in [3.8, 4) is 0 Å². The molecule has 0 aromatic heterocycles. The summed E-state index contributed by atoms with van der Waals surface area (Å²) in [5.41, 5.74) is -2.96. The van der Waals surface area contributed by atoms with E-state index in [0.29, 0.717) is 50.9 Å². The Morgan fingerprint density at radius 1 is 0.804 bits per heavy atom. The second-order valence-corrected chi connectivity index (χ2v) is 19.3. The zero-order valence-corrected chi connectivity index (χ0v) is 28.6. The van der Waals surface area contributed by atoms with Crippen molar-refractivity contribution in [3.05, 3.63) is 0 Å². The third-order valence-electron chi connectivity index (χ3n) is 15.3. The Hall–Kier alpha value is -2.56. The largest absolute Gasteiger partial charge is 0.465 e. The molecule has 1 N–H and O–H groups in total. The second-order valence-electron chi connectivity index (χ2n) is 17.9. The summed E-state index contributed by atoms with van der Waals surface area (Å²) in [6, 6.07) is 0. The molecule has 13 rings (SSSR count). The Labute approximate surface area is 291 Å². The summed E-state index contributed by atoms with van der Waals surface area (Å²) in [5.74, 6) is -5.33. The maximum atomic E-state index is 14.2. The number of hydrogen-bond acceptors (Lipinski definition) is 12. The summed E-state index contributed by atoms with van der Waals surface area (Å²) in [5, 5.41) is -5.13. The van der Waals surface area contributed by atoms with E-state index < -0.39 is 73.6 Å². The Balaban J connectivity index is 0.875. The first kappa shape index (κ1) is 33.0. The second kappa shape index (κ2) is 10.1. The van der Waals surface area contributed by atoms with Gasteiger partial charge in [-0.3, -0.25) is 23.7 Å². The molecular weight excluding hydrogens is 698 g/mol. The lowest BCUT2D eigenvalue weighted by atomic mass is 9.69. The number of ketones is 2. The molecule has 12 aliphatic carbocycles. The minimum absolute atomic E-state index is 0.0310. The van der Waals surface area contributed by atoms with Crippen LogP contribution in [0.15, 0.2) is 0 Å². The molecule has 13 fully saturated rings. The van der Waals surface area contributed by atoms with E-state index in [1.807, 2.05) is 0 Å². The lowest BCUT2D eigenvalue weighted by Crippen LogP contribution is -2.53. The normalized spacial score (nSPS) is 50.7. The number of carbonyl (C=O) groups excluding carboxylic acids is 5. The van der Waals surface area contributed by atoms with Gasteiger partial charge in [0.1, 0.15) is 42.6 Å². The molecule has 13 aliphatic rings. The van der Waals surface area contributed by atoms with Crippen LogP contribution in [0, 0.1) is 64.1 Å².